The molecule has 0 aliphatic rings. The molecule has 0 amide bonds. The van der Waals surface area contributed by atoms with Crippen molar-refractivity contribution in [3.63, 3.8) is 0 Å². The van der Waals surface area contributed by atoms with E-state index < -0.39 is 0 Å². The smallest absolute Gasteiger partial charge is 0.0972 e. The van der Waals surface area contributed by atoms with Crippen molar-refractivity contribution in [1.82, 2.24) is 4.98 Å². The molecule has 0 unspecified atom stereocenters. The van der Waals surface area contributed by atoms with Gasteiger partial charge in [0.15, 0.2) is 0 Å². The van der Waals surface area contributed by atoms with Gasteiger partial charge in [-0.3, -0.25) is 0 Å². The second-order valence-electron chi connectivity index (χ2n) is 4.37. The fourth-order valence-electron chi connectivity index (χ4n) is 2.20. The zero-order valence-electron chi connectivity index (χ0n) is 10.3. The van der Waals surface area contributed by atoms with E-state index in [1.807, 2.05) is 6.20 Å². The minimum absolute atomic E-state index is 0.452. The Labute approximate surface area is 116 Å². The summed E-state index contributed by atoms with van der Waals surface area (Å²) >= 11 is 1.63. The fourth-order valence-corrected chi connectivity index (χ4v) is 3.08. The van der Waals surface area contributed by atoms with Gasteiger partial charge in [0.2, 0.25) is 0 Å². The average Bonchev–Trinajstić information content (AvgIpc) is 2.87. The molecule has 3 heteroatoms. The largest absolute Gasteiger partial charge is 0.249 e. The first kappa shape index (κ1) is 11.9. The van der Waals surface area contributed by atoms with Gasteiger partial charge in [0, 0.05) is 17.5 Å². The molecule has 0 N–H and O–H groups in total. The van der Waals surface area contributed by atoms with Gasteiger partial charge >= 0.3 is 0 Å². The van der Waals surface area contributed by atoms with Crippen LogP contribution >= 0.6 is 11.3 Å². The molecule has 0 aliphatic carbocycles. The van der Waals surface area contributed by atoms with Gasteiger partial charge in [-0.05, 0) is 16.3 Å². The van der Waals surface area contributed by atoms with Crippen LogP contribution in [-0.2, 0) is 12.8 Å². The van der Waals surface area contributed by atoms with Crippen molar-refractivity contribution in [2.75, 3.05) is 0 Å². The predicted octanol–water partition coefficient (Wildman–Crippen LogP) is 3.95. The van der Waals surface area contributed by atoms with E-state index in [1.54, 1.807) is 11.3 Å². The molecular formula is C16H12N2S. The lowest BCUT2D eigenvalue weighted by molar-refractivity contribution is 1.14. The molecular weight excluding hydrogens is 252 g/mol. The van der Waals surface area contributed by atoms with Crippen molar-refractivity contribution in [2.45, 2.75) is 12.8 Å². The third kappa shape index (κ3) is 2.49. The quantitative estimate of drug-likeness (QED) is 0.718. The van der Waals surface area contributed by atoms with Crippen LogP contribution in [0.4, 0.5) is 0 Å². The highest BCUT2D eigenvalue weighted by atomic mass is 32.1. The number of thiazole rings is 1. The third-order valence-corrected chi connectivity index (χ3v) is 4.07. The first-order chi connectivity index (χ1) is 9.36. The number of rotatable bonds is 3. The van der Waals surface area contributed by atoms with Crippen molar-refractivity contribution in [1.29, 1.82) is 5.26 Å². The summed E-state index contributed by atoms with van der Waals surface area (Å²) in [5.74, 6) is 0. The monoisotopic (exact) mass is 264 g/mol. The molecule has 19 heavy (non-hydrogen) atoms. The first-order valence-corrected chi connectivity index (χ1v) is 6.95. The lowest BCUT2D eigenvalue weighted by atomic mass is 10.0. The molecule has 2 aromatic carbocycles. The van der Waals surface area contributed by atoms with Gasteiger partial charge in [-0.2, -0.15) is 5.26 Å². The maximum Gasteiger partial charge on any atom is 0.0972 e. The van der Waals surface area contributed by atoms with E-state index in [1.165, 1.54) is 16.3 Å². The van der Waals surface area contributed by atoms with Gasteiger partial charge < -0.3 is 0 Å². The van der Waals surface area contributed by atoms with Crippen LogP contribution in [-0.4, -0.2) is 4.98 Å². The van der Waals surface area contributed by atoms with E-state index in [-0.39, 0.29) is 0 Å². The lowest BCUT2D eigenvalue weighted by Crippen LogP contribution is -1.88. The Kier molecular flexibility index (Phi) is 3.26. The molecule has 3 aromatic rings. The molecule has 1 heterocycles. The summed E-state index contributed by atoms with van der Waals surface area (Å²) in [4.78, 5) is 5.44. The van der Waals surface area contributed by atoms with E-state index >= 15 is 0 Å². The van der Waals surface area contributed by atoms with Crippen molar-refractivity contribution >= 4 is 22.1 Å². The second kappa shape index (κ2) is 5.21. The Morgan fingerprint density at radius 3 is 2.84 bits per heavy atom. The van der Waals surface area contributed by atoms with E-state index in [0.717, 1.165) is 16.3 Å². The van der Waals surface area contributed by atoms with Crippen LogP contribution < -0.4 is 0 Å². The Morgan fingerprint density at radius 1 is 1.11 bits per heavy atom. The number of hydrogen-bond acceptors (Lipinski definition) is 3. The van der Waals surface area contributed by atoms with Crippen LogP contribution in [0.2, 0.25) is 0 Å². The summed E-state index contributed by atoms with van der Waals surface area (Å²) in [7, 11) is 0. The molecule has 0 saturated carbocycles. The number of fused-ring (bicyclic) bond motifs is 1. The first-order valence-electron chi connectivity index (χ1n) is 6.14. The van der Waals surface area contributed by atoms with E-state index in [0.29, 0.717) is 6.42 Å². The standard InChI is InChI=1S/C16H12N2S/c17-9-8-14-11-18-16(19-14)10-13-6-3-5-12-4-1-2-7-15(12)13/h1-7,11H,8,10H2. The molecule has 0 aliphatic heterocycles. The predicted molar refractivity (Wildman–Crippen MR) is 78.2 cm³/mol. The summed E-state index contributed by atoms with van der Waals surface area (Å²) in [6, 6.07) is 16.9. The van der Waals surface area contributed by atoms with Gasteiger partial charge in [0.25, 0.3) is 0 Å². The molecule has 1 aromatic heterocycles. The summed E-state index contributed by atoms with van der Waals surface area (Å²) in [6.45, 7) is 0. The highest BCUT2D eigenvalue weighted by Crippen LogP contribution is 2.23. The Hall–Kier alpha value is -2.18. The summed E-state index contributed by atoms with van der Waals surface area (Å²) in [5.41, 5.74) is 1.29. The van der Waals surface area contributed by atoms with Gasteiger partial charge in [0.05, 0.1) is 17.5 Å². The second-order valence-corrected chi connectivity index (χ2v) is 5.57. The van der Waals surface area contributed by atoms with Crippen LogP contribution in [0.15, 0.2) is 48.7 Å². The molecule has 0 atom stereocenters. The topological polar surface area (TPSA) is 36.7 Å². The fraction of sp³-hybridized carbons (Fsp3) is 0.125. The SMILES string of the molecule is N#CCc1cnc(Cc2cccc3ccccc23)s1. The molecule has 92 valence electrons. The van der Waals surface area contributed by atoms with Crippen molar-refractivity contribution in [2.24, 2.45) is 0 Å². The van der Waals surface area contributed by atoms with Crippen LogP contribution in [0.3, 0.4) is 0 Å². The summed E-state index contributed by atoms with van der Waals surface area (Å²) in [6.07, 6.45) is 3.10. The van der Waals surface area contributed by atoms with E-state index in [9.17, 15) is 0 Å². The highest BCUT2D eigenvalue weighted by molar-refractivity contribution is 7.11. The van der Waals surface area contributed by atoms with Crippen LogP contribution in [0.5, 0.6) is 0 Å². The number of nitrogens with zero attached hydrogens (tertiary/aromatic N) is 2. The maximum atomic E-state index is 8.69. The zero-order valence-corrected chi connectivity index (χ0v) is 11.2. The number of hydrogen-bond donors (Lipinski definition) is 0. The summed E-state index contributed by atoms with van der Waals surface area (Å²) < 4.78 is 0. The van der Waals surface area contributed by atoms with Crippen LogP contribution in [0.25, 0.3) is 10.8 Å². The van der Waals surface area contributed by atoms with Crippen molar-refractivity contribution < 1.29 is 0 Å². The molecule has 0 saturated heterocycles. The number of aromatic nitrogens is 1. The zero-order chi connectivity index (χ0) is 13.1. The molecule has 3 rings (SSSR count). The van der Waals surface area contributed by atoms with Crippen LogP contribution in [0, 0.1) is 11.3 Å². The van der Waals surface area contributed by atoms with E-state index in [2.05, 4.69) is 53.5 Å². The molecule has 0 spiro atoms. The minimum atomic E-state index is 0.452. The Bertz CT molecular complexity index is 747. The van der Waals surface area contributed by atoms with Crippen LogP contribution in [0.1, 0.15) is 15.4 Å². The Balaban J connectivity index is 1.94. The van der Waals surface area contributed by atoms with Gasteiger partial charge in [-0.25, -0.2) is 4.98 Å². The normalized spacial score (nSPS) is 10.5. The molecule has 0 radical (unpaired) electrons. The van der Waals surface area contributed by atoms with Crippen molar-refractivity contribution in [3.05, 3.63) is 64.1 Å². The molecule has 0 fully saturated rings. The average molecular weight is 264 g/mol. The summed E-state index contributed by atoms with van der Waals surface area (Å²) in [5, 5.41) is 12.3. The lowest BCUT2D eigenvalue weighted by Gasteiger charge is -2.04. The number of benzene rings is 2. The molecule has 2 nitrogen and oxygen atoms in total. The molecule has 0 bridgehead atoms. The number of nitriles is 1. The van der Waals surface area contributed by atoms with Gasteiger partial charge in [-0.1, -0.05) is 42.5 Å². The van der Waals surface area contributed by atoms with E-state index in [4.69, 9.17) is 5.26 Å². The Morgan fingerprint density at radius 2 is 1.95 bits per heavy atom. The maximum absolute atomic E-state index is 8.69. The van der Waals surface area contributed by atoms with Gasteiger partial charge in [0.1, 0.15) is 0 Å². The third-order valence-electron chi connectivity index (χ3n) is 3.08. The van der Waals surface area contributed by atoms with Gasteiger partial charge in [-0.15, -0.1) is 11.3 Å². The van der Waals surface area contributed by atoms with Crippen molar-refractivity contribution in [3.8, 4) is 6.07 Å². The minimum Gasteiger partial charge on any atom is -0.249 e. The highest BCUT2D eigenvalue weighted by Gasteiger charge is 2.05.